The lowest BCUT2D eigenvalue weighted by Gasteiger charge is -2.34. The lowest BCUT2D eigenvalue weighted by molar-refractivity contribution is 0.0630. The van der Waals surface area contributed by atoms with Crippen LogP contribution in [0, 0.1) is 0 Å². The highest BCUT2D eigenvalue weighted by Gasteiger charge is 2.24. The topological polar surface area (TPSA) is 36.4 Å². The van der Waals surface area contributed by atoms with Crippen LogP contribution in [0.25, 0.3) is 10.8 Å². The molecule has 1 aromatic heterocycles. The van der Waals surface area contributed by atoms with E-state index in [1.807, 2.05) is 46.6 Å². The van der Waals surface area contributed by atoms with Crippen molar-refractivity contribution in [3.05, 3.63) is 63.6 Å². The quantitative estimate of drug-likeness (QED) is 0.698. The number of aryl methyl sites for hydroxylation is 2. The predicted molar refractivity (Wildman–Crippen MR) is 109 cm³/mol. The molecule has 4 nitrogen and oxygen atoms in total. The minimum atomic E-state index is 0.152. The minimum Gasteiger partial charge on any atom is -0.336 e. The second kappa shape index (κ2) is 7.06. The van der Waals surface area contributed by atoms with Crippen LogP contribution in [0.4, 0.5) is 0 Å². The molecule has 1 amide bonds. The van der Waals surface area contributed by atoms with Crippen molar-refractivity contribution < 1.29 is 4.79 Å². The van der Waals surface area contributed by atoms with Crippen molar-refractivity contribution in [1.82, 2.24) is 14.8 Å². The van der Waals surface area contributed by atoms with Crippen LogP contribution in [-0.4, -0.2) is 46.9 Å². The lowest BCUT2D eigenvalue weighted by atomic mass is 10.0. The summed E-state index contributed by atoms with van der Waals surface area (Å²) in [5.74, 6) is 0.152. The average Bonchev–Trinajstić information content (AvgIpc) is 3.29. The Bertz CT molecular complexity index is 961. The van der Waals surface area contributed by atoms with Crippen LogP contribution in [0.3, 0.4) is 0 Å². The van der Waals surface area contributed by atoms with Crippen molar-refractivity contribution in [3.63, 3.8) is 0 Å². The number of aromatic nitrogens is 1. The van der Waals surface area contributed by atoms with Crippen LogP contribution in [0.1, 0.15) is 32.4 Å². The van der Waals surface area contributed by atoms with Crippen molar-refractivity contribution in [1.29, 1.82) is 0 Å². The van der Waals surface area contributed by atoms with Gasteiger partial charge in [0.1, 0.15) is 5.01 Å². The maximum Gasteiger partial charge on any atom is 0.254 e. The van der Waals surface area contributed by atoms with E-state index >= 15 is 0 Å². The lowest BCUT2D eigenvalue weighted by Crippen LogP contribution is -2.48. The predicted octanol–water partition coefficient (Wildman–Crippen LogP) is 3.74. The second-order valence-corrected chi connectivity index (χ2v) is 8.59. The van der Waals surface area contributed by atoms with Gasteiger partial charge in [-0.1, -0.05) is 36.4 Å². The maximum atomic E-state index is 13.1. The Hall–Kier alpha value is -2.24. The first-order valence-corrected chi connectivity index (χ1v) is 10.6. The Labute approximate surface area is 163 Å². The van der Waals surface area contributed by atoms with E-state index in [0.29, 0.717) is 0 Å². The maximum absolute atomic E-state index is 13.1. The molecule has 1 aliphatic heterocycles. The molecule has 5 rings (SSSR count). The van der Waals surface area contributed by atoms with Crippen molar-refractivity contribution in [2.75, 3.05) is 26.2 Å². The summed E-state index contributed by atoms with van der Waals surface area (Å²) in [5.41, 5.74) is 2.15. The zero-order chi connectivity index (χ0) is 18.2. The number of carbonyl (C=O) groups excluding carboxylic acids is 1. The molecule has 138 valence electrons. The summed E-state index contributed by atoms with van der Waals surface area (Å²) in [6, 6.07) is 14.1. The summed E-state index contributed by atoms with van der Waals surface area (Å²) in [6.07, 6.45) is 3.63. The first-order valence-electron chi connectivity index (χ1n) is 9.75. The molecule has 0 unspecified atom stereocenters. The summed E-state index contributed by atoms with van der Waals surface area (Å²) < 4.78 is 0. The van der Waals surface area contributed by atoms with Crippen molar-refractivity contribution in [2.24, 2.45) is 0 Å². The van der Waals surface area contributed by atoms with E-state index in [2.05, 4.69) is 17.0 Å². The van der Waals surface area contributed by atoms with E-state index in [4.69, 9.17) is 4.98 Å². The van der Waals surface area contributed by atoms with Crippen LogP contribution in [0.2, 0.25) is 0 Å². The van der Waals surface area contributed by atoms with Crippen LogP contribution >= 0.6 is 11.3 Å². The monoisotopic (exact) mass is 377 g/mol. The summed E-state index contributed by atoms with van der Waals surface area (Å²) >= 11 is 1.89. The summed E-state index contributed by atoms with van der Waals surface area (Å²) in [5, 5.41) is 3.41. The molecule has 5 heteroatoms. The van der Waals surface area contributed by atoms with Crippen LogP contribution in [0.15, 0.2) is 42.5 Å². The fourth-order valence-electron chi connectivity index (χ4n) is 4.19. The molecule has 0 spiro atoms. The second-order valence-electron chi connectivity index (χ2n) is 7.43. The Morgan fingerprint density at radius 2 is 1.81 bits per heavy atom. The minimum absolute atomic E-state index is 0.152. The zero-order valence-corrected chi connectivity index (χ0v) is 16.2. The number of nitrogens with zero attached hydrogens (tertiary/aromatic N) is 3. The van der Waals surface area contributed by atoms with Gasteiger partial charge in [-0.25, -0.2) is 4.98 Å². The SMILES string of the molecule is O=C(c1cccc2ccccc12)N1CCN(Cc2nc3c(s2)CCC3)CC1. The molecule has 0 atom stereocenters. The smallest absolute Gasteiger partial charge is 0.254 e. The number of benzene rings is 2. The first kappa shape index (κ1) is 16.9. The van der Waals surface area contributed by atoms with Crippen LogP contribution < -0.4 is 0 Å². The van der Waals surface area contributed by atoms with Gasteiger partial charge in [0, 0.05) is 36.6 Å². The van der Waals surface area contributed by atoms with Gasteiger partial charge >= 0.3 is 0 Å². The molecule has 1 saturated heterocycles. The third kappa shape index (κ3) is 3.26. The van der Waals surface area contributed by atoms with Gasteiger partial charge in [0.2, 0.25) is 0 Å². The number of hydrogen-bond acceptors (Lipinski definition) is 4. The van der Waals surface area contributed by atoms with E-state index in [1.54, 1.807) is 0 Å². The highest BCUT2D eigenvalue weighted by Crippen LogP contribution is 2.28. The van der Waals surface area contributed by atoms with Crippen molar-refractivity contribution in [3.8, 4) is 0 Å². The third-order valence-electron chi connectivity index (χ3n) is 5.68. The molecule has 1 aliphatic carbocycles. The van der Waals surface area contributed by atoms with E-state index < -0.39 is 0 Å². The van der Waals surface area contributed by atoms with Gasteiger partial charge in [0.15, 0.2) is 0 Å². The van der Waals surface area contributed by atoms with Crippen LogP contribution in [-0.2, 0) is 19.4 Å². The highest BCUT2D eigenvalue weighted by molar-refractivity contribution is 7.11. The molecule has 2 aromatic carbocycles. The summed E-state index contributed by atoms with van der Waals surface area (Å²) in [4.78, 5) is 23.8. The number of rotatable bonds is 3. The standard InChI is InChI=1S/C22H23N3OS/c26-22(18-8-3-6-16-5-1-2-7-17(16)18)25-13-11-24(12-14-25)15-21-23-19-9-4-10-20(19)27-21/h1-3,5-8H,4,9-15H2. The van der Waals surface area contributed by atoms with Gasteiger partial charge in [-0.05, 0) is 36.1 Å². The van der Waals surface area contributed by atoms with Crippen molar-refractivity contribution in [2.45, 2.75) is 25.8 Å². The first-order chi connectivity index (χ1) is 13.3. The molecule has 2 aliphatic rings. The summed E-state index contributed by atoms with van der Waals surface area (Å²) in [6.45, 7) is 4.33. The summed E-state index contributed by atoms with van der Waals surface area (Å²) in [7, 11) is 0. The van der Waals surface area contributed by atoms with E-state index in [9.17, 15) is 4.79 Å². The van der Waals surface area contributed by atoms with Crippen LogP contribution in [0.5, 0.6) is 0 Å². The molecule has 1 fully saturated rings. The van der Waals surface area contributed by atoms with Gasteiger partial charge in [-0.15, -0.1) is 11.3 Å². The molecule has 3 aromatic rings. The average molecular weight is 378 g/mol. The normalized spacial score (nSPS) is 17.4. The Kier molecular flexibility index (Phi) is 4.42. The van der Waals surface area contributed by atoms with E-state index in [-0.39, 0.29) is 5.91 Å². The zero-order valence-electron chi connectivity index (χ0n) is 15.4. The van der Waals surface area contributed by atoms with Gasteiger partial charge in [0.05, 0.1) is 12.2 Å². The fourth-order valence-corrected chi connectivity index (χ4v) is 5.39. The fraction of sp³-hybridized carbons (Fsp3) is 0.364. The molecule has 0 bridgehead atoms. The Balaban J connectivity index is 1.25. The molecule has 0 saturated carbocycles. The molecule has 0 N–H and O–H groups in total. The number of piperazine rings is 1. The third-order valence-corrected chi connectivity index (χ3v) is 6.82. The van der Waals surface area contributed by atoms with Gasteiger partial charge in [-0.2, -0.15) is 0 Å². The Morgan fingerprint density at radius 3 is 2.67 bits per heavy atom. The number of thiazole rings is 1. The number of carbonyl (C=O) groups is 1. The van der Waals surface area contributed by atoms with E-state index in [0.717, 1.165) is 55.5 Å². The molecular formula is C22H23N3OS. The molecule has 27 heavy (non-hydrogen) atoms. The molecule has 2 heterocycles. The van der Waals surface area contributed by atoms with Gasteiger partial charge in [-0.3, -0.25) is 9.69 Å². The molecular weight excluding hydrogens is 354 g/mol. The van der Waals surface area contributed by atoms with Crippen molar-refractivity contribution >= 4 is 28.0 Å². The molecule has 0 radical (unpaired) electrons. The van der Waals surface area contributed by atoms with E-state index in [1.165, 1.54) is 28.4 Å². The van der Waals surface area contributed by atoms with Gasteiger partial charge < -0.3 is 4.90 Å². The number of amides is 1. The largest absolute Gasteiger partial charge is 0.336 e. The number of fused-ring (bicyclic) bond motifs is 2. The van der Waals surface area contributed by atoms with Gasteiger partial charge in [0.25, 0.3) is 5.91 Å². The highest BCUT2D eigenvalue weighted by atomic mass is 32.1. The number of hydrogen-bond donors (Lipinski definition) is 0. The Morgan fingerprint density at radius 1 is 1.00 bits per heavy atom.